The maximum absolute atomic E-state index is 12.6. The largest absolute Gasteiger partial charge is 0.399 e. The summed E-state index contributed by atoms with van der Waals surface area (Å²) in [6.45, 7) is 15.9. The molecule has 3 nitrogen and oxygen atoms in total. The Bertz CT molecular complexity index is 608. The first-order valence-corrected chi connectivity index (χ1v) is 11.2. The normalized spacial score (nSPS) is 11.5. The van der Waals surface area contributed by atoms with E-state index < -0.39 is 6.17 Å². The Hall–Kier alpha value is -1.73. The number of alkyl halides is 2. The molecule has 0 aliphatic heterocycles. The second-order valence-electron chi connectivity index (χ2n) is 6.55. The molecule has 4 N–H and O–H groups in total. The average Bonchev–Trinajstić information content (AvgIpc) is 2.75. The summed E-state index contributed by atoms with van der Waals surface area (Å²) < 4.78 is 36.3. The second-order valence-corrected chi connectivity index (χ2v) is 7.14. The van der Waals surface area contributed by atoms with E-state index in [9.17, 15) is 12.7 Å². The lowest BCUT2D eigenvalue weighted by Crippen LogP contribution is -1.99. The SMILES string of the molecule is C/C=C/C(N)=C\CN.C=C.CCCC(F)CCCCF.Cc1ncc(SF)c(C)c1C. The first kappa shape index (κ1) is 33.9. The lowest BCUT2D eigenvalue weighted by atomic mass is 10.1. The van der Waals surface area contributed by atoms with Crippen LogP contribution in [0.2, 0.25) is 0 Å². The van der Waals surface area contributed by atoms with Crippen molar-refractivity contribution >= 4 is 12.1 Å². The van der Waals surface area contributed by atoms with Crippen LogP contribution in [-0.4, -0.2) is 24.4 Å². The van der Waals surface area contributed by atoms with E-state index >= 15 is 0 Å². The van der Waals surface area contributed by atoms with Gasteiger partial charge in [-0.3, -0.25) is 9.37 Å². The number of rotatable bonds is 9. The Morgan fingerprint density at radius 1 is 1.19 bits per heavy atom. The molecule has 0 aliphatic carbocycles. The molecule has 1 heterocycles. The van der Waals surface area contributed by atoms with Crippen LogP contribution in [0.5, 0.6) is 0 Å². The first-order valence-electron chi connectivity index (χ1n) is 10.5. The summed E-state index contributed by atoms with van der Waals surface area (Å²) >= 11 is 0.256. The van der Waals surface area contributed by atoms with E-state index in [2.05, 4.69) is 18.1 Å². The van der Waals surface area contributed by atoms with Crippen LogP contribution in [0.1, 0.15) is 62.8 Å². The quantitative estimate of drug-likeness (QED) is 0.228. The molecule has 0 radical (unpaired) electrons. The molecule has 0 saturated heterocycles. The van der Waals surface area contributed by atoms with E-state index in [0.717, 1.165) is 28.9 Å². The van der Waals surface area contributed by atoms with Crippen molar-refractivity contribution in [3.05, 3.63) is 60.1 Å². The molecule has 0 spiro atoms. The van der Waals surface area contributed by atoms with Crippen molar-refractivity contribution < 1.29 is 12.7 Å². The molecule has 1 aromatic heterocycles. The third-order valence-corrected chi connectivity index (χ3v) is 4.73. The minimum Gasteiger partial charge on any atom is -0.399 e. The molecule has 0 amide bonds. The van der Waals surface area contributed by atoms with Gasteiger partial charge in [0.1, 0.15) is 6.17 Å². The number of halogens is 3. The number of unbranched alkanes of at least 4 members (excludes halogenated alkanes) is 1. The van der Waals surface area contributed by atoms with Crippen LogP contribution >= 0.6 is 12.1 Å². The topological polar surface area (TPSA) is 64.9 Å². The number of hydrogen-bond donors (Lipinski definition) is 2. The van der Waals surface area contributed by atoms with Crippen LogP contribution < -0.4 is 11.5 Å². The summed E-state index contributed by atoms with van der Waals surface area (Å²) in [5, 5.41) is 0. The zero-order valence-electron chi connectivity index (χ0n) is 19.9. The van der Waals surface area contributed by atoms with Crippen LogP contribution in [0, 0.1) is 20.8 Å². The molecule has 1 rings (SSSR count). The fourth-order valence-electron chi connectivity index (χ4n) is 2.20. The van der Waals surface area contributed by atoms with Crippen LogP contribution in [0.3, 0.4) is 0 Å². The first-order chi connectivity index (χ1) is 14.8. The van der Waals surface area contributed by atoms with Crippen molar-refractivity contribution in [2.45, 2.75) is 77.8 Å². The zero-order chi connectivity index (χ0) is 24.7. The van der Waals surface area contributed by atoms with Gasteiger partial charge >= 0.3 is 0 Å². The highest BCUT2D eigenvalue weighted by molar-refractivity contribution is 7.94. The Balaban J connectivity index is -0.000000369. The van der Waals surface area contributed by atoms with E-state index in [0.29, 0.717) is 37.1 Å². The predicted octanol–water partition coefficient (Wildman–Crippen LogP) is 7.41. The van der Waals surface area contributed by atoms with Crippen molar-refractivity contribution in [3.8, 4) is 0 Å². The van der Waals surface area contributed by atoms with Gasteiger partial charge in [-0.25, -0.2) is 4.39 Å². The Kier molecular flexibility index (Phi) is 26.8. The molecule has 1 unspecified atom stereocenters. The predicted molar refractivity (Wildman–Crippen MR) is 132 cm³/mol. The van der Waals surface area contributed by atoms with Gasteiger partial charge < -0.3 is 11.5 Å². The minimum absolute atomic E-state index is 0.256. The van der Waals surface area contributed by atoms with Gasteiger partial charge in [0.15, 0.2) is 0 Å². The van der Waals surface area contributed by atoms with E-state index in [1.807, 2.05) is 46.8 Å². The highest BCUT2D eigenvalue weighted by Gasteiger charge is 2.04. The minimum atomic E-state index is -0.698. The fraction of sp³-hybridized carbons (Fsp3) is 0.542. The van der Waals surface area contributed by atoms with Gasteiger partial charge in [0, 0.05) is 24.1 Å². The lowest BCUT2D eigenvalue weighted by molar-refractivity contribution is 0.282. The van der Waals surface area contributed by atoms with Gasteiger partial charge in [0.2, 0.25) is 0 Å². The highest BCUT2D eigenvalue weighted by atomic mass is 32.2. The summed E-state index contributed by atoms with van der Waals surface area (Å²) in [5.41, 5.74) is 14.3. The number of aryl methyl sites for hydroxylation is 1. The van der Waals surface area contributed by atoms with Crippen molar-refractivity contribution in [1.29, 1.82) is 0 Å². The van der Waals surface area contributed by atoms with E-state index in [-0.39, 0.29) is 18.8 Å². The van der Waals surface area contributed by atoms with Crippen LogP contribution in [0.15, 0.2) is 48.2 Å². The van der Waals surface area contributed by atoms with Crippen molar-refractivity contribution in [1.82, 2.24) is 4.98 Å². The molecular weight excluding hydrogens is 419 g/mol. The molecule has 0 saturated carbocycles. The second kappa shape index (κ2) is 24.5. The lowest BCUT2D eigenvalue weighted by Gasteiger charge is -2.05. The van der Waals surface area contributed by atoms with E-state index in [4.69, 9.17) is 11.5 Å². The number of aromatic nitrogens is 1. The number of allylic oxidation sites excluding steroid dienone is 2. The molecule has 0 aromatic carbocycles. The van der Waals surface area contributed by atoms with Crippen molar-refractivity contribution in [3.63, 3.8) is 0 Å². The third-order valence-electron chi connectivity index (χ3n) is 4.15. The van der Waals surface area contributed by atoms with Gasteiger partial charge in [-0.05, 0) is 76.7 Å². The smallest absolute Gasteiger partial charge is 0.100 e. The molecule has 7 heteroatoms. The van der Waals surface area contributed by atoms with Crippen LogP contribution in [0.4, 0.5) is 12.7 Å². The maximum Gasteiger partial charge on any atom is 0.100 e. The monoisotopic (exact) mass is 461 g/mol. The zero-order valence-corrected chi connectivity index (χ0v) is 20.7. The molecule has 31 heavy (non-hydrogen) atoms. The van der Waals surface area contributed by atoms with Gasteiger partial charge in [-0.1, -0.05) is 19.4 Å². The molecule has 0 fully saturated rings. The number of pyridine rings is 1. The van der Waals surface area contributed by atoms with Gasteiger partial charge in [0.25, 0.3) is 0 Å². The number of nitrogens with zero attached hydrogens (tertiary/aromatic N) is 1. The summed E-state index contributed by atoms with van der Waals surface area (Å²) in [5.74, 6) is 0. The summed E-state index contributed by atoms with van der Waals surface area (Å²) in [4.78, 5) is 4.67. The highest BCUT2D eigenvalue weighted by Crippen LogP contribution is 2.25. The Morgan fingerprint density at radius 2 is 1.81 bits per heavy atom. The Labute approximate surface area is 192 Å². The molecular formula is C24H42F3N3S. The molecule has 1 atom stereocenters. The number of hydrogen-bond acceptors (Lipinski definition) is 4. The average molecular weight is 462 g/mol. The van der Waals surface area contributed by atoms with E-state index in [1.54, 1.807) is 12.3 Å². The fourth-order valence-corrected chi connectivity index (χ4v) is 2.56. The molecule has 0 bridgehead atoms. The van der Waals surface area contributed by atoms with Crippen molar-refractivity contribution in [2.24, 2.45) is 11.5 Å². The third kappa shape index (κ3) is 20.0. The van der Waals surface area contributed by atoms with E-state index in [1.165, 1.54) is 0 Å². The molecule has 1 aromatic rings. The maximum atomic E-state index is 12.6. The number of nitrogens with two attached hydrogens (primary N) is 2. The van der Waals surface area contributed by atoms with Crippen LogP contribution in [0.25, 0.3) is 0 Å². The molecule has 180 valence electrons. The van der Waals surface area contributed by atoms with Crippen LogP contribution in [-0.2, 0) is 0 Å². The van der Waals surface area contributed by atoms with Gasteiger partial charge in [0.05, 0.1) is 23.7 Å². The molecule has 0 aliphatic rings. The van der Waals surface area contributed by atoms with Gasteiger partial charge in [-0.15, -0.1) is 13.2 Å². The standard InChI is InChI=1S/C8H16F2.C8H10FNS.C6H12N2.C2H4/c1-2-5-8(10)6-3-4-7-9;1-5-6(2)8(11-9)4-10-7(5)3;1-2-3-6(8)4-5-7;1-2/h8H,2-7H2,1H3;4H,1-3H3;2-4H,5,7-8H2,1H3;1-2H2/b;;3-2+,6-4+;. The summed E-state index contributed by atoms with van der Waals surface area (Å²) in [6.07, 6.45) is 9.59. The summed E-state index contributed by atoms with van der Waals surface area (Å²) in [7, 11) is 0. The summed E-state index contributed by atoms with van der Waals surface area (Å²) in [6, 6.07) is 0. The Morgan fingerprint density at radius 3 is 2.26 bits per heavy atom. The van der Waals surface area contributed by atoms with Gasteiger partial charge in [-0.2, -0.15) is 3.89 Å². The van der Waals surface area contributed by atoms with Crippen molar-refractivity contribution in [2.75, 3.05) is 13.2 Å².